The van der Waals surface area contributed by atoms with Gasteiger partial charge in [0, 0.05) is 26.2 Å². The molecule has 1 aromatic rings. The van der Waals surface area contributed by atoms with Gasteiger partial charge in [0.05, 0.1) is 16.8 Å². The van der Waals surface area contributed by atoms with E-state index in [1.807, 2.05) is 13.0 Å². The predicted molar refractivity (Wildman–Crippen MR) is 81.0 cm³/mol. The van der Waals surface area contributed by atoms with Gasteiger partial charge in [-0.15, -0.1) is 0 Å². The largest absolute Gasteiger partial charge is 0.381 e. The summed E-state index contributed by atoms with van der Waals surface area (Å²) in [5.41, 5.74) is 8.15. The second-order valence-corrected chi connectivity index (χ2v) is 5.80. The minimum atomic E-state index is 0.166. The topological polar surface area (TPSA) is 38.5 Å². The minimum Gasteiger partial charge on any atom is -0.381 e. The molecule has 1 unspecified atom stereocenters. The molecule has 0 spiro atoms. The van der Waals surface area contributed by atoms with Crippen LogP contribution in [0, 0.1) is 0 Å². The first kappa shape index (κ1) is 14.6. The van der Waals surface area contributed by atoms with Gasteiger partial charge in [-0.05, 0) is 43.9 Å². The lowest BCUT2D eigenvalue weighted by atomic mass is 10.0. The van der Waals surface area contributed by atoms with Crippen LogP contribution in [0.25, 0.3) is 0 Å². The maximum Gasteiger partial charge on any atom is 0.0642 e. The third kappa shape index (κ3) is 3.85. The summed E-state index contributed by atoms with van der Waals surface area (Å²) in [6, 6.07) is 6.46. The van der Waals surface area contributed by atoms with E-state index in [2.05, 4.69) is 17.0 Å². The molecule has 1 aliphatic rings. The Bertz CT molecular complexity index is 415. The van der Waals surface area contributed by atoms with Crippen LogP contribution in [-0.4, -0.2) is 32.3 Å². The summed E-state index contributed by atoms with van der Waals surface area (Å²) in [5.74, 6) is 0. The van der Waals surface area contributed by atoms with Crippen LogP contribution in [0.3, 0.4) is 0 Å². The number of nitrogens with zero attached hydrogens (tertiary/aromatic N) is 1. The van der Waals surface area contributed by atoms with E-state index >= 15 is 0 Å². The van der Waals surface area contributed by atoms with Crippen molar-refractivity contribution in [2.75, 3.05) is 25.1 Å². The van der Waals surface area contributed by atoms with E-state index in [9.17, 15) is 0 Å². The molecule has 4 heteroatoms. The van der Waals surface area contributed by atoms with Crippen LogP contribution in [0.2, 0.25) is 5.02 Å². The van der Waals surface area contributed by atoms with Crippen molar-refractivity contribution in [3.8, 4) is 0 Å². The molecule has 1 atom stereocenters. The van der Waals surface area contributed by atoms with Gasteiger partial charge in [0.25, 0.3) is 0 Å². The molecule has 19 heavy (non-hydrogen) atoms. The van der Waals surface area contributed by atoms with Crippen molar-refractivity contribution in [2.45, 2.75) is 38.3 Å². The second kappa shape index (κ2) is 6.60. The van der Waals surface area contributed by atoms with E-state index in [0.29, 0.717) is 6.10 Å². The van der Waals surface area contributed by atoms with Crippen LogP contribution < -0.4 is 10.6 Å². The number of halogens is 1. The molecule has 106 valence electrons. The molecule has 0 aromatic heterocycles. The molecule has 0 radical (unpaired) electrons. The number of anilines is 1. The number of hydrogen-bond donors (Lipinski definition) is 1. The number of rotatable bonds is 4. The molecule has 0 aliphatic carbocycles. The summed E-state index contributed by atoms with van der Waals surface area (Å²) in [4.78, 5) is 2.34. The number of hydrogen-bond acceptors (Lipinski definition) is 3. The van der Waals surface area contributed by atoms with Crippen LogP contribution in [0.4, 0.5) is 5.69 Å². The minimum absolute atomic E-state index is 0.166. The van der Waals surface area contributed by atoms with E-state index in [1.54, 1.807) is 7.11 Å². The average molecular weight is 283 g/mol. The van der Waals surface area contributed by atoms with Gasteiger partial charge >= 0.3 is 0 Å². The summed E-state index contributed by atoms with van der Waals surface area (Å²) in [6.45, 7) is 4.02. The molecule has 1 aromatic carbocycles. The molecule has 2 N–H and O–H groups in total. The van der Waals surface area contributed by atoms with Gasteiger partial charge < -0.3 is 15.4 Å². The standard InChI is InChI=1S/C15H23ClN2O/c1-11(17)9-12-3-4-15(14(16)10-12)18-7-5-13(19-2)6-8-18/h3-4,10-11,13H,5-9,17H2,1-2H3. The quantitative estimate of drug-likeness (QED) is 0.923. The Labute approximate surface area is 120 Å². The zero-order chi connectivity index (χ0) is 13.8. The first-order valence-corrected chi connectivity index (χ1v) is 7.29. The number of methoxy groups -OCH3 is 1. The fourth-order valence-electron chi connectivity index (χ4n) is 2.64. The third-order valence-electron chi connectivity index (χ3n) is 3.69. The molecule has 2 rings (SSSR count). The maximum atomic E-state index is 6.40. The molecule has 1 fully saturated rings. The summed E-state index contributed by atoms with van der Waals surface area (Å²) in [6.07, 6.45) is 3.39. The van der Waals surface area contributed by atoms with Gasteiger partial charge in [-0.2, -0.15) is 0 Å². The van der Waals surface area contributed by atoms with Crippen molar-refractivity contribution < 1.29 is 4.74 Å². The number of nitrogens with two attached hydrogens (primary N) is 1. The van der Waals surface area contributed by atoms with Crippen molar-refractivity contribution in [3.63, 3.8) is 0 Å². The highest BCUT2D eigenvalue weighted by Crippen LogP contribution is 2.30. The molecule has 1 aliphatic heterocycles. The Morgan fingerprint density at radius 3 is 2.63 bits per heavy atom. The van der Waals surface area contributed by atoms with Crippen molar-refractivity contribution >= 4 is 17.3 Å². The fraction of sp³-hybridized carbons (Fsp3) is 0.600. The monoisotopic (exact) mass is 282 g/mol. The number of piperidine rings is 1. The Morgan fingerprint density at radius 1 is 1.42 bits per heavy atom. The van der Waals surface area contributed by atoms with Crippen LogP contribution in [0.5, 0.6) is 0 Å². The van der Waals surface area contributed by atoms with E-state index in [-0.39, 0.29) is 6.04 Å². The first-order chi connectivity index (χ1) is 9.10. The van der Waals surface area contributed by atoms with E-state index in [1.165, 1.54) is 5.56 Å². The third-order valence-corrected chi connectivity index (χ3v) is 3.99. The Balaban J connectivity index is 2.05. The smallest absolute Gasteiger partial charge is 0.0642 e. The van der Waals surface area contributed by atoms with E-state index in [0.717, 1.165) is 43.1 Å². The predicted octanol–water partition coefficient (Wildman–Crippen LogP) is 2.84. The van der Waals surface area contributed by atoms with E-state index in [4.69, 9.17) is 22.1 Å². The van der Waals surface area contributed by atoms with E-state index < -0.39 is 0 Å². The zero-order valence-electron chi connectivity index (χ0n) is 11.7. The highest BCUT2D eigenvalue weighted by atomic mass is 35.5. The SMILES string of the molecule is COC1CCN(c2ccc(CC(C)N)cc2Cl)CC1. The van der Waals surface area contributed by atoms with Crippen LogP contribution in [0.15, 0.2) is 18.2 Å². The van der Waals surface area contributed by atoms with Crippen molar-refractivity contribution in [3.05, 3.63) is 28.8 Å². The molecular formula is C15H23ClN2O. The normalized spacial score (nSPS) is 18.6. The first-order valence-electron chi connectivity index (χ1n) is 6.92. The van der Waals surface area contributed by atoms with Crippen LogP contribution in [-0.2, 0) is 11.2 Å². The van der Waals surface area contributed by atoms with Gasteiger partial charge in [-0.25, -0.2) is 0 Å². The number of benzene rings is 1. The second-order valence-electron chi connectivity index (χ2n) is 5.39. The summed E-state index contributed by atoms with van der Waals surface area (Å²) >= 11 is 6.40. The lowest BCUT2D eigenvalue weighted by Gasteiger charge is -2.33. The zero-order valence-corrected chi connectivity index (χ0v) is 12.5. The van der Waals surface area contributed by atoms with Gasteiger partial charge in [0.2, 0.25) is 0 Å². The Kier molecular flexibility index (Phi) is 5.08. The molecule has 3 nitrogen and oxygen atoms in total. The summed E-state index contributed by atoms with van der Waals surface area (Å²) in [5, 5.41) is 0.828. The lowest BCUT2D eigenvalue weighted by molar-refractivity contribution is 0.0819. The molecule has 0 bridgehead atoms. The molecule has 0 saturated carbocycles. The van der Waals surface area contributed by atoms with Crippen molar-refractivity contribution in [2.24, 2.45) is 5.73 Å². The molecule has 1 saturated heterocycles. The highest BCUT2D eigenvalue weighted by Gasteiger charge is 2.20. The average Bonchev–Trinajstić information content (AvgIpc) is 2.38. The number of ether oxygens (including phenoxy) is 1. The maximum absolute atomic E-state index is 6.40. The van der Waals surface area contributed by atoms with Gasteiger partial charge in [0.1, 0.15) is 0 Å². The Hall–Kier alpha value is -0.770. The Morgan fingerprint density at radius 2 is 2.11 bits per heavy atom. The molecule has 0 amide bonds. The fourth-order valence-corrected chi connectivity index (χ4v) is 2.96. The summed E-state index contributed by atoms with van der Waals surface area (Å²) < 4.78 is 5.39. The van der Waals surface area contributed by atoms with Gasteiger partial charge in [0.15, 0.2) is 0 Å². The van der Waals surface area contributed by atoms with Crippen LogP contribution >= 0.6 is 11.6 Å². The van der Waals surface area contributed by atoms with Crippen molar-refractivity contribution in [1.29, 1.82) is 0 Å². The van der Waals surface area contributed by atoms with Gasteiger partial charge in [-0.1, -0.05) is 17.7 Å². The lowest BCUT2D eigenvalue weighted by Crippen LogP contribution is -2.36. The van der Waals surface area contributed by atoms with Crippen molar-refractivity contribution in [1.82, 2.24) is 0 Å². The molecular weight excluding hydrogens is 260 g/mol. The van der Waals surface area contributed by atoms with Crippen LogP contribution in [0.1, 0.15) is 25.3 Å². The van der Waals surface area contributed by atoms with Gasteiger partial charge in [-0.3, -0.25) is 0 Å². The highest BCUT2D eigenvalue weighted by molar-refractivity contribution is 6.33. The molecule has 1 heterocycles. The summed E-state index contributed by atoms with van der Waals surface area (Å²) in [7, 11) is 1.79.